The summed E-state index contributed by atoms with van der Waals surface area (Å²) >= 11 is 0. The molecule has 0 spiro atoms. The van der Waals surface area contributed by atoms with Crippen LogP contribution in [0.4, 0.5) is 0 Å². The molecule has 0 aliphatic heterocycles. The van der Waals surface area contributed by atoms with E-state index < -0.39 is 10.9 Å². The smallest absolute Gasteiger partial charge is 0.419 e. The van der Waals surface area contributed by atoms with E-state index >= 15 is 0 Å². The zero-order valence-electron chi connectivity index (χ0n) is 5.53. The fourth-order valence-electron chi connectivity index (χ4n) is 0.510. The lowest BCUT2D eigenvalue weighted by molar-refractivity contribution is 0.350. The van der Waals surface area contributed by atoms with E-state index in [0.29, 0.717) is 0 Å². The van der Waals surface area contributed by atoms with Crippen molar-refractivity contribution in [1.82, 2.24) is 9.59 Å². The first-order chi connectivity index (χ1) is 4.79. The van der Waals surface area contributed by atoms with Gasteiger partial charge in [0.05, 0.1) is 18.7 Å². The largest absolute Gasteiger partial charge is 0.564 e. The molecule has 10 heavy (non-hydrogen) atoms. The van der Waals surface area contributed by atoms with E-state index in [9.17, 15) is 4.55 Å². The van der Waals surface area contributed by atoms with Gasteiger partial charge in [0.25, 0.3) is 0 Å². The SMILES string of the molecule is COc1nn[s+]([O-])c1OC. The molecule has 0 fully saturated rings. The molecule has 6 heteroatoms. The zero-order chi connectivity index (χ0) is 7.56. The minimum Gasteiger partial charge on any atom is -0.564 e. The fraction of sp³-hybridized carbons (Fsp3) is 0.500. The van der Waals surface area contributed by atoms with Gasteiger partial charge < -0.3 is 14.0 Å². The van der Waals surface area contributed by atoms with Crippen molar-refractivity contribution in [3.05, 3.63) is 0 Å². The molecule has 0 N–H and O–H groups in total. The van der Waals surface area contributed by atoms with Crippen LogP contribution in [-0.4, -0.2) is 28.4 Å². The van der Waals surface area contributed by atoms with E-state index in [0.717, 1.165) is 0 Å². The highest BCUT2D eigenvalue weighted by molar-refractivity contribution is 7.21. The van der Waals surface area contributed by atoms with Crippen molar-refractivity contribution in [3.63, 3.8) is 0 Å². The first-order valence-electron chi connectivity index (χ1n) is 2.45. The second kappa shape index (κ2) is 2.80. The minimum atomic E-state index is -1.50. The molecule has 56 valence electrons. The van der Waals surface area contributed by atoms with E-state index in [1.807, 2.05) is 0 Å². The number of rotatable bonds is 2. The Labute approximate surface area is 60.5 Å². The molecule has 0 aromatic carbocycles. The topological polar surface area (TPSA) is 67.3 Å². The lowest BCUT2D eigenvalue weighted by Crippen LogP contribution is -1.86. The molecule has 5 nitrogen and oxygen atoms in total. The molecule has 0 bridgehead atoms. The maximum atomic E-state index is 10.8. The lowest BCUT2D eigenvalue weighted by atomic mass is 10.8. The Bertz CT molecular complexity index is 224. The van der Waals surface area contributed by atoms with Gasteiger partial charge in [-0.2, -0.15) is 0 Å². The van der Waals surface area contributed by atoms with E-state index in [4.69, 9.17) is 4.74 Å². The average molecular weight is 162 g/mol. The summed E-state index contributed by atoms with van der Waals surface area (Å²) in [5, 5.41) is 3.61. The van der Waals surface area contributed by atoms with Gasteiger partial charge >= 0.3 is 10.9 Å². The van der Waals surface area contributed by atoms with Gasteiger partial charge in [0.15, 0.2) is 0 Å². The van der Waals surface area contributed by atoms with Crippen molar-refractivity contribution in [2.24, 2.45) is 0 Å². The van der Waals surface area contributed by atoms with Gasteiger partial charge in [-0.15, -0.1) is 0 Å². The van der Waals surface area contributed by atoms with Crippen LogP contribution in [-0.2, 0) is 0 Å². The Morgan fingerprint density at radius 3 is 2.50 bits per heavy atom. The summed E-state index contributed by atoms with van der Waals surface area (Å²) in [6.45, 7) is 0. The second-order valence-corrected chi connectivity index (χ2v) is 2.46. The molecule has 0 amide bonds. The summed E-state index contributed by atoms with van der Waals surface area (Å²) < 4.78 is 23.5. The highest BCUT2D eigenvalue weighted by atomic mass is 32.2. The third kappa shape index (κ3) is 1.03. The summed E-state index contributed by atoms with van der Waals surface area (Å²) in [5.41, 5.74) is 0. The third-order valence-electron chi connectivity index (χ3n) is 0.918. The van der Waals surface area contributed by atoms with Crippen molar-refractivity contribution >= 4 is 10.9 Å². The first kappa shape index (κ1) is 7.23. The Balaban J connectivity index is 3.01. The maximum absolute atomic E-state index is 10.8. The number of nitrogens with zero attached hydrogens (tertiary/aromatic N) is 2. The van der Waals surface area contributed by atoms with Crippen LogP contribution >= 0.6 is 10.9 Å². The van der Waals surface area contributed by atoms with Crippen LogP contribution < -0.4 is 9.47 Å². The predicted molar refractivity (Wildman–Crippen MR) is 33.8 cm³/mol. The van der Waals surface area contributed by atoms with Crippen LogP contribution in [0.5, 0.6) is 10.9 Å². The van der Waals surface area contributed by atoms with Gasteiger partial charge in [0, 0.05) is 0 Å². The first-order valence-corrected chi connectivity index (χ1v) is 3.56. The molecule has 0 saturated carbocycles. The zero-order valence-corrected chi connectivity index (χ0v) is 6.34. The third-order valence-corrected chi connectivity index (χ3v) is 1.81. The Morgan fingerprint density at radius 1 is 1.40 bits per heavy atom. The Hall–Kier alpha value is -0.880. The molecule has 1 atom stereocenters. The number of ether oxygens (including phenoxy) is 2. The van der Waals surface area contributed by atoms with Gasteiger partial charge in [-0.3, -0.25) is 0 Å². The van der Waals surface area contributed by atoms with Crippen molar-refractivity contribution < 1.29 is 14.0 Å². The fourth-order valence-corrected chi connectivity index (χ4v) is 1.15. The standard InChI is InChI=1S/C4H6N2O3S/c1-8-3-4(9-2)10(7)6-5-3/h1-2H3. The molecule has 0 aliphatic rings. The van der Waals surface area contributed by atoms with E-state index in [1.54, 1.807) is 0 Å². The van der Waals surface area contributed by atoms with Gasteiger partial charge in [-0.05, 0) is 0 Å². The van der Waals surface area contributed by atoms with E-state index in [2.05, 4.69) is 14.3 Å². The summed E-state index contributed by atoms with van der Waals surface area (Å²) in [7, 11) is 1.30. The van der Waals surface area contributed by atoms with E-state index in [-0.39, 0.29) is 10.9 Å². The summed E-state index contributed by atoms with van der Waals surface area (Å²) in [6, 6.07) is 0. The molecule has 1 heterocycles. The molecule has 1 aromatic rings. The normalized spacial score (nSPS) is 11.3. The predicted octanol–water partition coefficient (Wildman–Crippen LogP) is 0.221. The van der Waals surface area contributed by atoms with Crippen LogP contribution in [0.15, 0.2) is 0 Å². The minimum absolute atomic E-state index is 0.169. The number of aromatic nitrogens is 2. The highest BCUT2D eigenvalue weighted by Crippen LogP contribution is 2.33. The summed E-state index contributed by atoms with van der Waals surface area (Å²) in [4.78, 5) is 0. The number of hydrogen-bond donors (Lipinski definition) is 0. The van der Waals surface area contributed by atoms with Gasteiger partial charge in [0.2, 0.25) is 0 Å². The van der Waals surface area contributed by atoms with Crippen molar-refractivity contribution in [1.29, 1.82) is 0 Å². The van der Waals surface area contributed by atoms with Crippen molar-refractivity contribution in [2.75, 3.05) is 14.2 Å². The number of hydrogen-bond acceptors (Lipinski definition) is 5. The van der Waals surface area contributed by atoms with Gasteiger partial charge in [-0.1, -0.05) is 5.10 Å². The lowest BCUT2D eigenvalue weighted by Gasteiger charge is -1.92. The average Bonchev–Trinajstić information content (AvgIpc) is 2.30. The summed E-state index contributed by atoms with van der Waals surface area (Å²) in [5.74, 6) is 0.181. The Morgan fingerprint density at radius 2 is 2.10 bits per heavy atom. The van der Waals surface area contributed by atoms with Crippen molar-refractivity contribution in [2.45, 2.75) is 0 Å². The molecule has 0 saturated heterocycles. The quantitative estimate of drug-likeness (QED) is 0.582. The van der Waals surface area contributed by atoms with Crippen LogP contribution in [0, 0.1) is 0 Å². The van der Waals surface area contributed by atoms with Crippen molar-refractivity contribution in [3.8, 4) is 10.9 Å². The van der Waals surface area contributed by atoms with Crippen LogP contribution in [0.25, 0.3) is 0 Å². The molecule has 0 radical (unpaired) electrons. The molecule has 1 aromatic heterocycles. The van der Waals surface area contributed by atoms with Gasteiger partial charge in [-0.25, -0.2) is 0 Å². The van der Waals surface area contributed by atoms with E-state index in [1.165, 1.54) is 14.2 Å². The molecular formula is C4H6N2O3S. The van der Waals surface area contributed by atoms with Crippen LogP contribution in [0.3, 0.4) is 0 Å². The Kier molecular flexibility index (Phi) is 2.03. The highest BCUT2D eigenvalue weighted by Gasteiger charge is 2.19. The maximum Gasteiger partial charge on any atom is 0.419 e. The second-order valence-electron chi connectivity index (χ2n) is 1.43. The van der Waals surface area contributed by atoms with Crippen LogP contribution in [0.2, 0.25) is 0 Å². The molecule has 1 rings (SSSR count). The monoisotopic (exact) mass is 162 g/mol. The van der Waals surface area contributed by atoms with Gasteiger partial charge in [0.1, 0.15) is 10.9 Å². The molecule has 1 unspecified atom stereocenters. The number of methoxy groups -OCH3 is 2. The summed E-state index contributed by atoms with van der Waals surface area (Å²) in [6.07, 6.45) is 0. The van der Waals surface area contributed by atoms with Crippen LogP contribution in [0.1, 0.15) is 0 Å². The molecular weight excluding hydrogens is 156 g/mol. The molecule has 0 aliphatic carbocycles.